The number of benzene rings is 2. The lowest BCUT2D eigenvalue weighted by molar-refractivity contribution is -0.142. The van der Waals surface area contributed by atoms with Gasteiger partial charge in [-0.05, 0) is 58.2 Å². The van der Waals surface area contributed by atoms with Crippen molar-refractivity contribution in [2.24, 2.45) is 5.10 Å². The van der Waals surface area contributed by atoms with Crippen molar-refractivity contribution < 1.29 is 28.5 Å². The number of carbonyl (C=O) groups is 1. The van der Waals surface area contributed by atoms with E-state index in [1.165, 1.54) is 7.11 Å². The number of halogens is 1. The summed E-state index contributed by atoms with van der Waals surface area (Å²) in [6.45, 7) is 2.61. The Balaban J connectivity index is 2.06. The Labute approximate surface area is 184 Å². The van der Waals surface area contributed by atoms with Gasteiger partial charge in [0.1, 0.15) is 0 Å². The van der Waals surface area contributed by atoms with Crippen LogP contribution in [0.5, 0.6) is 23.0 Å². The lowest BCUT2D eigenvalue weighted by Crippen LogP contribution is -2.13. The van der Waals surface area contributed by atoms with Gasteiger partial charge < -0.3 is 29.1 Å². The first kappa shape index (κ1) is 23.3. The molecule has 0 spiro atoms. The average Bonchev–Trinajstić information content (AvgIpc) is 2.75. The van der Waals surface area contributed by atoms with Gasteiger partial charge in [-0.25, -0.2) is 4.79 Å². The number of hydrogen-bond donors (Lipinski definition) is 1. The molecule has 0 bridgehead atoms. The minimum absolute atomic E-state index is 0.213. The Morgan fingerprint density at radius 2 is 1.83 bits per heavy atom. The van der Waals surface area contributed by atoms with Crippen molar-refractivity contribution in [2.75, 3.05) is 34.5 Å². The highest BCUT2D eigenvalue weighted by Gasteiger charge is 2.14. The Bertz CT molecular complexity index is 888. The summed E-state index contributed by atoms with van der Waals surface area (Å²) in [4.78, 5) is 11.4. The third kappa shape index (κ3) is 6.55. The summed E-state index contributed by atoms with van der Waals surface area (Å²) < 4.78 is 26.9. The number of carbonyl (C=O) groups excluding carboxylic acids is 1. The number of ether oxygens (including phenoxy) is 5. The lowest BCUT2D eigenvalue weighted by Gasteiger charge is -2.14. The Hall–Kier alpha value is -2.94. The van der Waals surface area contributed by atoms with E-state index in [0.29, 0.717) is 40.6 Å². The van der Waals surface area contributed by atoms with Crippen molar-refractivity contribution in [2.45, 2.75) is 13.5 Å². The monoisotopic (exact) mass is 480 g/mol. The van der Waals surface area contributed by atoms with Crippen LogP contribution in [0.3, 0.4) is 0 Å². The van der Waals surface area contributed by atoms with Crippen LogP contribution in [0.1, 0.15) is 18.1 Å². The molecule has 1 N–H and O–H groups in total. The molecule has 0 amide bonds. The quantitative estimate of drug-likeness (QED) is 0.299. The predicted octanol–water partition coefficient (Wildman–Crippen LogP) is 3.54. The number of esters is 1. The van der Waals surface area contributed by atoms with Crippen LogP contribution in [0.25, 0.3) is 0 Å². The molecule has 0 unspecified atom stereocenters. The van der Waals surface area contributed by atoms with Crippen LogP contribution in [0.4, 0.5) is 0 Å². The second kappa shape index (κ2) is 11.9. The summed E-state index contributed by atoms with van der Waals surface area (Å²) in [5.74, 6) is 1.78. The van der Waals surface area contributed by atoms with Gasteiger partial charge in [-0.2, -0.15) is 5.10 Å². The number of nitrogens with zero attached hydrogens (tertiary/aromatic N) is 1. The molecule has 2 rings (SSSR count). The number of nitrogens with one attached hydrogen (secondary N) is 1. The van der Waals surface area contributed by atoms with E-state index >= 15 is 0 Å². The first-order chi connectivity index (χ1) is 14.5. The topological polar surface area (TPSA) is 87.6 Å². The molecule has 9 heteroatoms. The van der Waals surface area contributed by atoms with Crippen molar-refractivity contribution >= 4 is 28.1 Å². The molecule has 0 saturated carbocycles. The second-order valence-electron chi connectivity index (χ2n) is 5.91. The Kier molecular flexibility index (Phi) is 9.27. The standard InChI is InChI=1S/C21H25BrN2O6/c1-5-29-19-10-15(8-16(22)21(19)30-13-20(25)28-4)12-24-23-11-14-6-7-17(26-2)18(9-14)27-3/h6-10,12,23H,5,11,13H2,1-4H3/b24-12+. The molecule has 2 aromatic rings. The highest BCUT2D eigenvalue weighted by Crippen LogP contribution is 2.36. The highest BCUT2D eigenvalue weighted by molar-refractivity contribution is 9.10. The van der Waals surface area contributed by atoms with Crippen LogP contribution in [0.15, 0.2) is 39.9 Å². The van der Waals surface area contributed by atoms with Crippen LogP contribution in [-0.2, 0) is 16.1 Å². The number of hydrazone groups is 1. The number of hydrogen-bond acceptors (Lipinski definition) is 8. The second-order valence-corrected chi connectivity index (χ2v) is 6.76. The molecule has 162 valence electrons. The minimum atomic E-state index is -0.477. The van der Waals surface area contributed by atoms with Crippen molar-refractivity contribution in [3.05, 3.63) is 45.9 Å². The van der Waals surface area contributed by atoms with Gasteiger partial charge in [0.2, 0.25) is 0 Å². The van der Waals surface area contributed by atoms with Crippen LogP contribution in [-0.4, -0.2) is 46.7 Å². The molecule has 0 heterocycles. The molecule has 0 saturated heterocycles. The van der Waals surface area contributed by atoms with Crippen LogP contribution >= 0.6 is 15.9 Å². The van der Waals surface area contributed by atoms with Gasteiger partial charge in [-0.3, -0.25) is 0 Å². The zero-order valence-electron chi connectivity index (χ0n) is 17.4. The van der Waals surface area contributed by atoms with Gasteiger partial charge in [0.05, 0.1) is 45.2 Å². The normalized spacial score (nSPS) is 10.6. The molecule has 0 radical (unpaired) electrons. The molecule has 0 atom stereocenters. The molecule has 2 aromatic carbocycles. The van der Waals surface area contributed by atoms with E-state index in [2.05, 4.69) is 31.2 Å². The number of rotatable bonds is 11. The van der Waals surface area contributed by atoms with E-state index in [9.17, 15) is 4.79 Å². The van der Waals surface area contributed by atoms with Gasteiger partial charge in [0.25, 0.3) is 0 Å². The van der Waals surface area contributed by atoms with E-state index in [1.54, 1.807) is 26.5 Å². The maximum absolute atomic E-state index is 11.4. The smallest absolute Gasteiger partial charge is 0.343 e. The summed E-state index contributed by atoms with van der Waals surface area (Å²) in [7, 11) is 4.50. The van der Waals surface area contributed by atoms with Gasteiger partial charge in [-0.15, -0.1) is 0 Å². The first-order valence-electron chi connectivity index (χ1n) is 9.15. The molecular weight excluding hydrogens is 456 g/mol. The molecule has 30 heavy (non-hydrogen) atoms. The van der Waals surface area contributed by atoms with E-state index in [4.69, 9.17) is 18.9 Å². The van der Waals surface area contributed by atoms with Crippen LogP contribution in [0, 0.1) is 0 Å². The van der Waals surface area contributed by atoms with Gasteiger partial charge in [0.15, 0.2) is 29.6 Å². The lowest BCUT2D eigenvalue weighted by atomic mass is 10.2. The summed E-state index contributed by atoms with van der Waals surface area (Å²) >= 11 is 3.45. The zero-order valence-corrected chi connectivity index (χ0v) is 18.9. The maximum atomic E-state index is 11.4. The molecular formula is C21H25BrN2O6. The Morgan fingerprint density at radius 3 is 2.50 bits per heavy atom. The fourth-order valence-electron chi connectivity index (χ4n) is 2.50. The van der Waals surface area contributed by atoms with Crippen molar-refractivity contribution in [1.29, 1.82) is 0 Å². The third-order valence-electron chi connectivity index (χ3n) is 3.93. The zero-order chi connectivity index (χ0) is 21.9. The van der Waals surface area contributed by atoms with Gasteiger partial charge in [-0.1, -0.05) is 6.07 Å². The fraction of sp³-hybridized carbons (Fsp3) is 0.333. The van der Waals surface area contributed by atoms with Crippen LogP contribution in [0.2, 0.25) is 0 Å². The van der Waals surface area contributed by atoms with Crippen molar-refractivity contribution in [3.8, 4) is 23.0 Å². The first-order valence-corrected chi connectivity index (χ1v) is 9.94. The number of methoxy groups -OCH3 is 3. The molecule has 0 fully saturated rings. The maximum Gasteiger partial charge on any atom is 0.343 e. The van der Waals surface area contributed by atoms with Crippen molar-refractivity contribution in [3.63, 3.8) is 0 Å². The van der Waals surface area contributed by atoms with Crippen LogP contribution < -0.4 is 24.4 Å². The van der Waals surface area contributed by atoms with E-state index in [1.807, 2.05) is 31.2 Å². The SMILES string of the molecule is CCOc1cc(/C=N/NCc2ccc(OC)c(OC)c2)cc(Br)c1OCC(=O)OC. The van der Waals surface area contributed by atoms with Crippen molar-refractivity contribution in [1.82, 2.24) is 5.43 Å². The van der Waals surface area contributed by atoms with E-state index in [0.717, 1.165) is 11.1 Å². The summed E-state index contributed by atoms with van der Waals surface area (Å²) in [6.07, 6.45) is 1.66. The van der Waals surface area contributed by atoms with E-state index < -0.39 is 5.97 Å². The average molecular weight is 481 g/mol. The van der Waals surface area contributed by atoms with E-state index in [-0.39, 0.29) is 6.61 Å². The molecule has 0 aliphatic heterocycles. The molecule has 0 aromatic heterocycles. The fourth-order valence-corrected chi connectivity index (χ4v) is 3.08. The van der Waals surface area contributed by atoms with Gasteiger partial charge in [0, 0.05) is 0 Å². The molecule has 8 nitrogen and oxygen atoms in total. The third-order valence-corrected chi connectivity index (χ3v) is 4.52. The molecule has 0 aliphatic rings. The summed E-state index contributed by atoms with van der Waals surface area (Å²) in [5, 5.41) is 4.26. The predicted molar refractivity (Wildman–Crippen MR) is 117 cm³/mol. The molecule has 0 aliphatic carbocycles. The van der Waals surface area contributed by atoms with Gasteiger partial charge >= 0.3 is 5.97 Å². The highest BCUT2D eigenvalue weighted by atomic mass is 79.9. The summed E-state index contributed by atoms with van der Waals surface area (Å²) in [5.41, 5.74) is 4.78. The Morgan fingerprint density at radius 1 is 1.07 bits per heavy atom. The largest absolute Gasteiger partial charge is 0.493 e. The summed E-state index contributed by atoms with van der Waals surface area (Å²) in [6, 6.07) is 9.26. The minimum Gasteiger partial charge on any atom is -0.493 e.